The van der Waals surface area contributed by atoms with Gasteiger partial charge in [0.1, 0.15) is 0 Å². The normalized spacial score (nSPS) is 20.4. The first-order valence-corrected chi connectivity index (χ1v) is 6.20. The van der Waals surface area contributed by atoms with Crippen molar-refractivity contribution in [1.82, 2.24) is 0 Å². The van der Waals surface area contributed by atoms with Crippen molar-refractivity contribution < 1.29 is 24.7 Å². The van der Waals surface area contributed by atoms with Crippen LogP contribution in [0.25, 0.3) is 0 Å². The maximum atomic E-state index is 10.8. The minimum absolute atomic E-state index is 0.0359. The van der Waals surface area contributed by atoms with Crippen LogP contribution in [-0.4, -0.2) is 33.6 Å². The summed E-state index contributed by atoms with van der Waals surface area (Å²) in [5, 5.41) is 27.0. The topological polar surface area (TPSA) is 118 Å². The number of aliphatic carboxylic acids is 2. The molecule has 1 atom stereocenters. The largest absolute Gasteiger partial charge is 0.481 e. The Labute approximate surface area is 116 Å². The molecular weight excluding hydrogens is 266 g/mol. The third kappa shape index (κ3) is 6.12. The summed E-state index contributed by atoms with van der Waals surface area (Å²) in [6.45, 7) is 3.56. The Bertz CT molecular complexity index is 440. The molecule has 112 valence electrons. The Kier molecular flexibility index (Phi) is 7.20. The van der Waals surface area contributed by atoms with Crippen molar-refractivity contribution in [2.75, 3.05) is 6.54 Å². The van der Waals surface area contributed by atoms with E-state index in [1.54, 1.807) is 0 Å². The first-order valence-electron chi connectivity index (χ1n) is 6.20. The first kappa shape index (κ1) is 17.8. The van der Waals surface area contributed by atoms with Crippen molar-refractivity contribution in [1.29, 1.82) is 0 Å². The van der Waals surface area contributed by atoms with Crippen LogP contribution in [0.1, 0.15) is 33.1 Å². The monoisotopic (exact) mass is 285 g/mol. The van der Waals surface area contributed by atoms with Gasteiger partial charge in [-0.05, 0) is 19.8 Å². The van der Waals surface area contributed by atoms with Crippen LogP contribution in [0.15, 0.2) is 23.8 Å². The molecule has 0 aromatic carbocycles. The molecule has 7 heteroatoms. The van der Waals surface area contributed by atoms with Gasteiger partial charge in [-0.15, -0.1) is 0 Å². The second kappa shape index (κ2) is 8.08. The van der Waals surface area contributed by atoms with Crippen LogP contribution in [0.5, 0.6) is 0 Å². The zero-order chi connectivity index (χ0) is 15.8. The van der Waals surface area contributed by atoms with E-state index < -0.39 is 17.4 Å². The predicted molar refractivity (Wildman–Crippen MR) is 72.0 cm³/mol. The second-order valence-electron chi connectivity index (χ2n) is 4.67. The van der Waals surface area contributed by atoms with Gasteiger partial charge in [0, 0.05) is 16.9 Å². The van der Waals surface area contributed by atoms with E-state index in [-0.39, 0.29) is 23.5 Å². The molecule has 0 aromatic heterocycles. The maximum Gasteiger partial charge on any atom is 0.331 e. The molecule has 0 heterocycles. The van der Waals surface area contributed by atoms with E-state index in [2.05, 4.69) is 0 Å². The molecule has 1 rings (SSSR count). The summed E-state index contributed by atoms with van der Waals surface area (Å²) in [6, 6.07) is 0. The lowest BCUT2D eigenvalue weighted by Crippen LogP contribution is -2.28. The van der Waals surface area contributed by atoms with Gasteiger partial charge in [0.05, 0.1) is 5.41 Å². The van der Waals surface area contributed by atoms with E-state index in [1.165, 1.54) is 25.2 Å². The summed E-state index contributed by atoms with van der Waals surface area (Å²) in [4.78, 5) is 30.6. The first-order chi connectivity index (χ1) is 9.23. The fourth-order valence-corrected chi connectivity index (χ4v) is 1.47. The van der Waals surface area contributed by atoms with Gasteiger partial charge in [0.15, 0.2) is 0 Å². The summed E-state index contributed by atoms with van der Waals surface area (Å²) in [6.07, 6.45) is 6.04. The standard InChI is InChI=1S/C9H10O4.C4H9NO2/c1-9(8(12)13)4-2-3-6(5-9)7(10)11;1-2-3-4-5(6)7/h2-4H,5H2,1H3,(H,10,11)(H,12,13);2-4H2,1H3. The average Bonchev–Trinajstić information content (AvgIpc) is 2.37. The van der Waals surface area contributed by atoms with E-state index in [4.69, 9.17) is 10.2 Å². The van der Waals surface area contributed by atoms with Gasteiger partial charge in [-0.3, -0.25) is 14.9 Å². The highest BCUT2D eigenvalue weighted by Crippen LogP contribution is 2.31. The summed E-state index contributed by atoms with van der Waals surface area (Å²) in [5.41, 5.74) is -0.949. The van der Waals surface area contributed by atoms with Gasteiger partial charge in [-0.1, -0.05) is 25.2 Å². The maximum absolute atomic E-state index is 10.8. The molecule has 0 aliphatic heterocycles. The molecule has 1 aliphatic carbocycles. The number of nitro groups is 1. The smallest absolute Gasteiger partial charge is 0.331 e. The zero-order valence-electron chi connectivity index (χ0n) is 11.5. The quantitative estimate of drug-likeness (QED) is 0.590. The van der Waals surface area contributed by atoms with Gasteiger partial charge >= 0.3 is 11.9 Å². The van der Waals surface area contributed by atoms with E-state index in [0.717, 1.165) is 6.42 Å². The Morgan fingerprint density at radius 3 is 2.40 bits per heavy atom. The van der Waals surface area contributed by atoms with Gasteiger partial charge in [0.25, 0.3) is 0 Å². The Hall–Kier alpha value is -2.18. The van der Waals surface area contributed by atoms with Crippen molar-refractivity contribution in [3.8, 4) is 0 Å². The molecule has 0 spiro atoms. The highest BCUT2D eigenvalue weighted by atomic mass is 16.6. The number of hydrogen-bond donors (Lipinski definition) is 2. The van der Waals surface area contributed by atoms with Crippen molar-refractivity contribution >= 4 is 11.9 Å². The van der Waals surface area contributed by atoms with E-state index in [1.807, 2.05) is 6.92 Å². The lowest BCUT2D eigenvalue weighted by molar-refractivity contribution is -0.480. The number of nitrogens with zero attached hydrogens (tertiary/aromatic N) is 1. The zero-order valence-corrected chi connectivity index (χ0v) is 11.5. The van der Waals surface area contributed by atoms with Crippen LogP contribution in [0.3, 0.4) is 0 Å². The number of allylic oxidation sites excluding steroid dienone is 2. The molecule has 1 unspecified atom stereocenters. The number of hydrogen-bond acceptors (Lipinski definition) is 4. The molecule has 0 saturated carbocycles. The number of unbranched alkanes of at least 4 members (excludes halogenated alkanes) is 1. The van der Waals surface area contributed by atoms with Crippen molar-refractivity contribution in [2.45, 2.75) is 33.1 Å². The average molecular weight is 285 g/mol. The summed E-state index contributed by atoms with van der Waals surface area (Å²) >= 11 is 0. The number of rotatable bonds is 5. The molecule has 7 nitrogen and oxygen atoms in total. The van der Waals surface area contributed by atoms with Gasteiger partial charge in [-0.2, -0.15) is 0 Å². The number of carboxylic acid groups (broad SMARTS) is 2. The van der Waals surface area contributed by atoms with Crippen LogP contribution >= 0.6 is 0 Å². The number of carboxylic acids is 2. The van der Waals surface area contributed by atoms with Crippen LogP contribution in [0.2, 0.25) is 0 Å². The van der Waals surface area contributed by atoms with Crippen LogP contribution in [0.4, 0.5) is 0 Å². The van der Waals surface area contributed by atoms with E-state index in [0.29, 0.717) is 6.42 Å². The lowest BCUT2D eigenvalue weighted by atomic mass is 9.80. The summed E-state index contributed by atoms with van der Waals surface area (Å²) in [7, 11) is 0. The fourth-order valence-electron chi connectivity index (χ4n) is 1.47. The molecule has 20 heavy (non-hydrogen) atoms. The minimum atomic E-state index is -1.08. The van der Waals surface area contributed by atoms with E-state index in [9.17, 15) is 19.7 Å². The molecule has 0 bridgehead atoms. The summed E-state index contributed by atoms with van der Waals surface area (Å²) < 4.78 is 0. The van der Waals surface area contributed by atoms with Crippen LogP contribution in [0, 0.1) is 15.5 Å². The Morgan fingerprint density at radius 1 is 1.45 bits per heavy atom. The molecule has 0 saturated heterocycles. The predicted octanol–water partition coefficient (Wildman–Crippen LogP) is 2.11. The van der Waals surface area contributed by atoms with Gasteiger partial charge in [0.2, 0.25) is 6.54 Å². The molecule has 0 fully saturated rings. The van der Waals surface area contributed by atoms with Gasteiger partial charge < -0.3 is 10.2 Å². The molecule has 1 aliphatic rings. The summed E-state index contributed by atoms with van der Waals surface area (Å²) in [5.74, 6) is -2.06. The molecule has 0 aromatic rings. The minimum Gasteiger partial charge on any atom is -0.481 e. The van der Waals surface area contributed by atoms with Crippen molar-refractivity contribution in [3.63, 3.8) is 0 Å². The highest BCUT2D eigenvalue weighted by Gasteiger charge is 2.34. The van der Waals surface area contributed by atoms with E-state index >= 15 is 0 Å². The SMILES string of the molecule is CC1(C(=O)O)C=CC=C(C(=O)O)C1.CCCC[N+](=O)[O-]. The van der Waals surface area contributed by atoms with Crippen LogP contribution < -0.4 is 0 Å². The Morgan fingerprint density at radius 2 is 2.05 bits per heavy atom. The molecular formula is C13H19NO6. The van der Waals surface area contributed by atoms with Crippen LogP contribution in [-0.2, 0) is 9.59 Å². The Balaban J connectivity index is 0.000000441. The second-order valence-corrected chi connectivity index (χ2v) is 4.67. The third-order valence-corrected chi connectivity index (χ3v) is 2.78. The molecule has 0 amide bonds. The van der Waals surface area contributed by atoms with Crippen molar-refractivity contribution in [2.24, 2.45) is 5.41 Å². The third-order valence-electron chi connectivity index (χ3n) is 2.78. The molecule has 0 radical (unpaired) electrons. The fraction of sp³-hybridized carbons (Fsp3) is 0.538. The van der Waals surface area contributed by atoms with Gasteiger partial charge in [-0.25, -0.2) is 4.79 Å². The lowest BCUT2D eigenvalue weighted by Gasteiger charge is -2.23. The highest BCUT2D eigenvalue weighted by molar-refractivity contribution is 5.90. The number of carbonyl (C=O) groups is 2. The van der Waals surface area contributed by atoms with Crippen molar-refractivity contribution in [3.05, 3.63) is 33.9 Å². The molecule has 2 N–H and O–H groups in total.